The van der Waals surface area contributed by atoms with E-state index in [0.717, 1.165) is 12.1 Å². The molecular weight excluding hydrogens is 380 g/mol. The van der Waals surface area contributed by atoms with Crippen molar-refractivity contribution in [2.45, 2.75) is 30.5 Å². The molecule has 142 valence electrons. The van der Waals surface area contributed by atoms with Gasteiger partial charge in [-0.15, -0.1) is 12.4 Å². The zero-order valence-corrected chi connectivity index (χ0v) is 15.2. The summed E-state index contributed by atoms with van der Waals surface area (Å²) in [5.74, 6) is -4.82. The van der Waals surface area contributed by atoms with E-state index in [1.165, 1.54) is 12.1 Å². The Bertz CT molecular complexity index is 714. The fourth-order valence-electron chi connectivity index (χ4n) is 1.65. The molecular formula is C14H20ClF2N3O4S. The Balaban J connectivity index is 0.00000576. The third-order valence-corrected chi connectivity index (χ3v) is 4.51. The summed E-state index contributed by atoms with van der Waals surface area (Å²) in [6, 6.07) is 3.71. The molecule has 0 aromatic heterocycles. The number of rotatable bonds is 7. The number of carbonyl (C=O) groups excluding carboxylic acids is 2. The van der Waals surface area contributed by atoms with Crippen LogP contribution in [0.2, 0.25) is 0 Å². The van der Waals surface area contributed by atoms with Crippen LogP contribution in [0.5, 0.6) is 0 Å². The molecule has 0 heterocycles. The minimum Gasteiger partial charge on any atom is -0.346 e. The summed E-state index contributed by atoms with van der Waals surface area (Å²) in [6.45, 7) is 3.11. The van der Waals surface area contributed by atoms with Gasteiger partial charge >= 0.3 is 5.76 Å². The molecule has 11 heteroatoms. The lowest BCUT2D eigenvalue weighted by molar-refractivity contribution is -0.125. The summed E-state index contributed by atoms with van der Waals surface area (Å²) in [4.78, 5) is 22.8. The van der Waals surface area contributed by atoms with Gasteiger partial charge in [0.05, 0.1) is 17.5 Å². The highest BCUT2D eigenvalue weighted by molar-refractivity contribution is 7.91. The molecule has 0 aliphatic carbocycles. The van der Waals surface area contributed by atoms with E-state index >= 15 is 0 Å². The van der Waals surface area contributed by atoms with Crippen molar-refractivity contribution in [1.82, 2.24) is 5.32 Å². The number of carbonyl (C=O) groups is 2. The van der Waals surface area contributed by atoms with Crippen LogP contribution in [0.3, 0.4) is 0 Å². The molecule has 7 nitrogen and oxygen atoms in total. The average Bonchev–Trinajstić information content (AvgIpc) is 2.51. The Morgan fingerprint density at radius 2 is 1.84 bits per heavy atom. The monoisotopic (exact) mass is 399 g/mol. The van der Waals surface area contributed by atoms with Gasteiger partial charge in [0.2, 0.25) is 21.7 Å². The van der Waals surface area contributed by atoms with Crippen LogP contribution >= 0.6 is 12.4 Å². The highest BCUT2D eigenvalue weighted by Gasteiger charge is 2.26. The SMILES string of the molecule is CC(C)[C@H](N)C(=O)NCC(=O)Nc1cccc(S(=O)(=O)C(F)F)c1.Cl. The molecule has 4 N–H and O–H groups in total. The van der Waals surface area contributed by atoms with Crippen LogP contribution in [0.4, 0.5) is 14.5 Å². The van der Waals surface area contributed by atoms with Gasteiger partial charge in [-0.25, -0.2) is 8.42 Å². The standard InChI is InChI=1S/C14H19F2N3O4S.ClH/c1-8(2)12(17)13(21)18-7-11(20)19-9-4-3-5-10(6-9)24(22,23)14(15)16;/h3-6,8,12,14H,7,17H2,1-2H3,(H,18,21)(H,19,20);1H/t12-;/m0./s1. The summed E-state index contributed by atoms with van der Waals surface area (Å²) in [6.07, 6.45) is 0. The molecule has 0 saturated heterocycles. The van der Waals surface area contributed by atoms with E-state index in [4.69, 9.17) is 5.73 Å². The van der Waals surface area contributed by atoms with E-state index < -0.39 is 38.3 Å². The molecule has 0 fully saturated rings. The van der Waals surface area contributed by atoms with Crippen molar-refractivity contribution in [3.05, 3.63) is 24.3 Å². The largest absolute Gasteiger partial charge is 0.346 e. The van der Waals surface area contributed by atoms with Gasteiger partial charge in [-0.3, -0.25) is 9.59 Å². The van der Waals surface area contributed by atoms with E-state index in [1.807, 2.05) is 0 Å². The van der Waals surface area contributed by atoms with Gasteiger partial charge < -0.3 is 16.4 Å². The number of hydrogen-bond donors (Lipinski definition) is 3. The van der Waals surface area contributed by atoms with E-state index in [1.54, 1.807) is 13.8 Å². The smallest absolute Gasteiger partial charge is 0.341 e. The van der Waals surface area contributed by atoms with Crippen molar-refractivity contribution >= 4 is 39.7 Å². The minimum atomic E-state index is -4.75. The highest BCUT2D eigenvalue weighted by Crippen LogP contribution is 2.21. The molecule has 0 saturated carbocycles. The number of nitrogens with one attached hydrogen (secondary N) is 2. The number of nitrogens with two attached hydrogens (primary N) is 1. The predicted octanol–water partition coefficient (Wildman–Crippen LogP) is 1.14. The van der Waals surface area contributed by atoms with Crippen molar-refractivity contribution in [2.75, 3.05) is 11.9 Å². The number of halogens is 3. The maximum Gasteiger partial charge on any atom is 0.341 e. The third kappa shape index (κ3) is 6.56. The molecule has 2 amide bonds. The van der Waals surface area contributed by atoms with E-state index in [9.17, 15) is 26.8 Å². The van der Waals surface area contributed by atoms with Gasteiger partial charge in [0.1, 0.15) is 0 Å². The Morgan fingerprint density at radius 3 is 2.36 bits per heavy atom. The van der Waals surface area contributed by atoms with Crippen LogP contribution in [-0.4, -0.2) is 38.6 Å². The molecule has 1 atom stereocenters. The molecule has 0 aliphatic rings. The fraction of sp³-hybridized carbons (Fsp3) is 0.429. The molecule has 0 aliphatic heterocycles. The third-order valence-electron chi connectivity index (χ3n) is 3.13. The van der Waals surface area contributed by atoms with Crippen molar-refractivity contribution in [1.29, 1.82) is 0 Å². The van der Waals surface area contributed by atoms with Crippen LogP contribution < -0.4 is 16.4 Å². The van der Waals surface area contributed by atoms with Gasteiger partial charge in [-0.2, -0.15) is 8.78 Å². The Morgan fingerprint density at radius 1 is 1.24 bits per heavy atom. The molecule has 0 spiro atoms. The summed E-state index contributed by atoms with van der Waals surface area (Å²) < 4.78 is 47.8. The van der Waals surface area contributed by atoms with Crippen LogP contribution in [0.25, 0.3) is 0 Å². The topological polar surface area (TPSA) is 118 Å². The lowest BCUT2D eigenvalue weighted by Gasteiger charge is -2.15. The summed E-state index contributed by atoms with van der Waals surface area (Å²) >= 11 is 0. The second kappa shape index (κ2) is 9.64. The molecule has 25 heavy (non-hydrogen) atoms. The number of alkyl halides is 2. The van der Waals surface area contributed by atoms with E-state index in [-0.39, 0.29) is 30.6 Å². The summed E-state index contributed by atoms with van der Waals surface area (Å²) in [7, 11) is -4.75. The number of anilines is 1. The number of amides is 2. The van der Waals surface area contributed by atoms with Crippen molar-refractivity contribution in [3.8, 4) is 0 Å². The quantitative estimate of drug-likeness (QED) is 0.635. The second-order valence-electron chi connectivity index (χ2n) is 5.37. The number of hydrogen-bond acceptors (Lipinski definition) is 5. The van der Waals surface area contributed by atoms with Gasteiger partial charge in [0, 0.05) is 5.69 Å². The molecule has 1 rings (SSSR count). The van der Waals surface area contributed by atoms with Crippen molar-refractivity contribution in [2.24, 2.45) is 11.7 Å². The van der Waals surface area contributed by atoms with Crippen LogP contribution in [0.15, 0.2) is 29.2 Å². The highest BCUT2D eigenvalue weighted by atomic mass is 35.5. The second-order valence-corrected chi connectivity index (χ2v) is 7.29. The first kappa shape index (κ1) is 23.2. The molecule has 1 aromatic rings. The van der Waals surface area contributed by atoms with Crippen molar-refractivity contribution < 1.29 is 26.8 Å². The maximum absolute atomic E-state index is 12.5. The van der Waals surface area contributed by atoms with Crippen LogP contribution in [-0.2, 0) is 19.4 Å². The van der Waals surface area contributed by atoms with Gasteiger partial charge in [0.25, 0.3) is 0 Å². The predicted molar refractivity (Wildman–Crippen MR) is 91.3 cm³/mol. The molecule has 0 unspecified atom stereocenters. The summed E-state index contributed by atoms with van der Waals surface area (Å²) in [5, 5.41) is 4.65. The van der Waals surface area contributed by atoms with E-state index in [2.05, 4.69) is 10.6 Å². The van der Waals surface area contributed by atoms with Gasteiger partial charge in [0.15, 0.2) is 0 Å². The zero-order chi connectivity index (χ0) is 18.5. The first-order chi connectivity index (χ1) is 11.1. The molecule has 0 bridgehead atoms. The lowest BCUT2D eigenvalue weighted by Crippen LogP contribution is -2.46. The number of benzene rings is 1. The molecule has 0 radical (unpaired) electrons. The first-order valence-corrected chi connectivity index (χ1v) is 8.55. The van der Waals surface area contributed by atoms with Gasteiger partial charge in [-0.05, 0) is 24.1 Å². The Kier molecular flexibility index (Phi) is 8.95. The minimum absolute atomic E-state index is 0. The van der Waals surface area contributed by atoms with E-state index in [0.29, 0.717) is 0 Å². The lowest BCUT2D eigenvalue weighted by atomic mass is 10.1. The normalized spacial score (nSPS) is 12.4. The zero-order valence-electron chi connectivity index (χ0n) is 13.5. The fourth-order valence-corrected chi connectivity index (χ4v) is 2.41. The van der Waals surface area contributed by atoms with Crippen LogP contribution in [0, 0.1) is 5.92 Å². The number of sulfone groups is 1. The molecule has 1 aromatic carbocycles. The van der Waals surface area contributed by atoms with Crippen molar-refractivity contribution in [3.63, 3.8) is 0 Å². The van der Waals surface area contributed by atoms with Gasteiger partial charge in [-0.1, -0.05) is 19.9 Å². The average molecular weight is 400 g/mol. The maximum atomic E-state index is 12.5. The Labute approximate surface area is 150 Å². The Hall–Kier alpha value is -1.78. The van der Waals surface area contributed by atoms with Crippen LogP contribution in [0.1, 0.15) is 13.8 Å². The first-order valence-electron chi connectivity index (χ1n) is 7.01. The summed E-state index contributed by atoms with van der Waals surface area (Å²) in [5.41, 5.74) is 5.63.